The molecule has 0 saturated carbocycles. The van der Waals surface area contributed by atoms with Crippen molar-refractivity contribution in [1.29, 1.82) is 0 Å². The van der Waals surface area contributed by atoms with Gasteiger partial charge in [0.05, 0.1) is 13.7 Å². The van der Waals surface area contributed by atoms with Gasteiger partial charge in [0.15, 0.2) is 11.0 Å². The Morgan fingerprint density at radius 1 is 1.15 bits per heavy atom. The largest absolute Gasteiger partial charge is 0.468 e. The molecule has 0 bridgehead atoms. The normalized spacial score (nSPS) is 12.0. The molecule has 0 N–H and O–H groups in total. The standard InChI is InChI=1S/C19H18BrN3O2S/c1-13(18(24)25-2)26-19-22-21-17(15-10-6-7-11-16(15)20)23(19)12-14-8-4-3-5-9-14/h3-11,13H,12H2,1-2H3. The maximum atomic E-state index is 11.8. The molecule has 1 atom stereocenters. The number of hydrogen-bond acceptors (Lipinski definition) is 5. The molecule has 134 valence electrons. The van der Waals surface area contributed by atoms with Crippen LogP contribution in [0.3, 0.4) is 0 Å². The molecule has 0 aliphatic carbocycles. The van der Waals surface area contributed by atoms with Crippen LogP contribution < -0.4 is 0 Å². The molecule has 0 radical (unpaired) electrons. The van der Waals surface area contributed by atoms with Gasteiger partial charge in [0.25, 0.3) is 0 Å². The average molecular weight is 432 g/mol. The number of halogens is 1. The number of methoxy groups -OCH3 is 1. The minimum absolute atomic E-state index is 0.285. The van der Waals surface area contributed by atoms with Gasteiger partial charge in [-0.2, -0.15) is 0 Å². The van der Waals surface area contributed by atoms with Crippen LogP contribution in [0, 0.1) is 0 Å². The lowest BCUT2D eigenvalue weighted by atomic mass is 10.2. The number of nitrogens with zero attached hydrogens (tertiary/aromatic N) is 3. The molecular weight excluding hydrogens is 414 g/mol. The van der Waals surface area contributed by atoms with Crippen molar-refractivity contribution in [2.24, 2.45) is 0 Å². The summed E-state index contributed by atoms with van der Waals surface area (Å²) >= 11 is 4.93. The summed E-state index contributed by atoms with van der Waals surface area (Å²) in [6.45, 7) is 2.41. The van der Waals surface area contributed by atoms with Gasteiger partial charge in [0.2, 0.25) is 0 Å². The fraction of sp³-hybridized carbons (Fsp3) is 0.211. The van der Waals surface area contributed by atoms with Gasteiger partial charge in [-0.05, 0) is 18.6 Å². The molecule has 0 saturated heterocycles. The van der Waals surface area contributed by atoms with Crippen molar-refractivity contribution in [3.05, 3.63) is 64.6 Å². The Morgan fingerprint density at radius 3 is 2.54 bits per heavy atom. The van der Waals surface area contributed by atoms with Crippen LogP contribution in [0.2, 0.25) is 0 Å². The van der Waals surface area contributed by atoms with Crippen molar-refractivity contribution in [2.75, 3.05) is 7.11 Å². The maximum Gasteiger partial charge on any atom is 0.318 e. The second-order valence-corrected chi connectivity index (χ2v) is 7.80. The predicted molar refractivity (Wildman–Crippen MR) is 106 cm³/mol. The van der Waals surface area contributed by atoms with E-state index in [9.17, 15) is 4.79 Å². The van der Waals surface area contributed by atoms with E-state index in [-0.39, 0.29) is 11.2 Å². The fourth-order valence-electron chi connectivity index (χ4n) is 2.50. The van der Waals surface area contributed by atoms with Crippen LogP contribution in [-0.2, 0) is 16.1 Å². The summed E-state index contributed by atoms with van der Waals surface area (Å²) in [4.78, 5) is 11.8. The van der Waals surface area contributed by atoms with E-state index >= 15 is 0 Å². The molecule has 7 heteroatoms. The number of hydrogen-bond donors (Lipinski definition) is 0. The lowest BCUT2D eigenvalue weighted by molar-refractivity contribution is -0.139. The number of carbonyl (C=O) groups excluding carboxylic acids is 1. The summed E-state index contributed by atoms with van der Waals surface area (Å²) in [6.07, 6.45) is 0. The van der Waals surface area contributed by atoms with Crippen LogP contribution in [0.1, 0.15) is 12.5 Å². The number of thioether (sulfide) groups is 1. The van der Waals surface area contributed by atoms with E-state index in [1.807, 2.05) is 47.0 Å². The van der Waals surface area contributed by atoms with Gasteiger partial charge < -0.3 is 4.74 Å². The lowest BCUT2D eigenvalue weighted by Gasteiger charge is -2.13. The van der Waals surface area contributed by atoms with Crippen LogP contribution in [0.25, 0.3) is 11.4 Å². The van der Waals surface area contributed by atoms with Crippen molar-refractivity contribution >= 4 is 33.7 Å². The quantitative estimate of drug-likeness (QED) is 0.427. The molecule has 0 amide bonds. The minimum Gasteiger partial charge on any atom is -0.468 e. The van der Waals surface area contributed by atoms with Gasteiger partial charge in [-0.25, -0.2) is 0 Å². The zero-order chi connectivity index (χ0) is 18.5. The topological polar surface area (TPSA) is 57.0 Å². The summed E-state index contributed by atoms with van der Waals surface area (Å²) in [6, 6.07) is 18.0. The molecule has 2 aromatic carbocycles. The SMILES string of the molecule is COC(=O)C(C)Sc1nnc(-c2ccccc2Br)n1Cc1ccccc1. The van der Waals surface area contributed by atoms with Crippen LogP contribution in [0.5, 0.6) is 0 Å². The van der Waals surface area contributed by atoms with Crippen molar-refractivity contribution < 1.29 is 9.53 Å². The Hall–Kier alpha value is -2.12. The first kappa shape index (κ1) is 18.7. The number of aromatic nitrogens is 3. The highest BCUT2D eigenvalue weighted by Crippen LogP contribution is 2.31. The van der Waals surface area contributed by atoms with E-state index in [2.05, 4.69) is 38.3 Å². The summed E-state index contributed by atoms with van der Waals surface area (Å²) < 4.78 is 7.80. The first-order valence-corrected chi connectivity index (χ1v) is 9.74. The Balaban J connectivity index is 2.02. The highest BCUT2D eigenvalue weighted by atomic mass is 79.9. The first-order valence-electron chi connectivity index (χ1n) is 8.06. The first-order chi connectivity index (χ1) is 12.6. The molecule has 3 rings (SSSR count). The van der Waals surface area contributed by atoms with Crippen LogP contribution in [-0.4, -0.2) is 33.1 Å². The van der Waals surface area contributed by atoms with Gasteiger partial charge in [-0.15, -0.1) is 10.2 Å². The Bertz CT molecular complexity index is 899. The number of rotatable bonds is 6. The lowest BCUT2D eigenvalue weighted by Crippen LogP contribution is -2.16. The van der Waals surface area contributed by atoms with Crippen LogP contribution in [0.15, 0.2) is 64.2 Å². The molecule has 1 unspecified atom stereocenters. The van der Waals surface area contributed by atoms with Gasteiger partial charge >= 0.3 is 5.97 Å². The van der Waals surface area contributed by atoms with Crippen molar-refractivity contribution in [2.45, 2.75) is 23.9 Å². The molecule has 26 heavy (non-hydrogen) atoms. The number of esters is 1. The summed E-state index contributed by atoms with van der Waals surface area (Å²) in [7, 11) is 1.39. The fourth-order valence-corrected chi connectivity index (χ4v) is 3.84. The highest BCUT2D eigenvalue weighted by Gasteiger charge is 2.22. The average Bonchev–Trinajstić information content (AvgIpc) is 3.04. The van der Waals surface area contributed by atoms with Crippen molar-refractivity contribution in [1.82, 2.24) is 14.8 Å². The maximum absolute atomic E-state index is 11.8. The summed E-state index contributed by atoms with van der Waals surface area (Å²) in [5.74, 6) is 0.465. The third-order valence-electron chi connectivity index (χ3n) is 3.83. The molecule has 0 aliphatic rings. The summed E-state index contributed by atoms with van der Waals surface area (Å²) in [5.41, 5.74) is 2.08. The van der Waals surface area contributed by atoms with Crippen molar-refractivity contribution in [3.63, 3.8) is 0 Å². The molecule has 0 fully saturated rings. The number of carbonyl (C=O) groups is 1. The smallest absolute Gasteiger partial charge is 0.318 e. The minimum atomic E-state index is -0.370. The Morgan fingerprint density at radius 2 is 1.85 bits per heavy atom. The van der Waals surface area contributed by atoms with Crippen LogP contribution in [0.4, 0.5) is 0 Å². The molecule has 1 heterocycles. The van der Waals surface area contributed by atoms with Crippen LogP contribution >= 0.6 is 27.7 Å². The van der Waals surface area contributed by atoms with E-state index in [1.165, 1.54) is 18.9 Å². The second-order valence-electron chi connectivity index (χ2n) is 5.64. The monoisotopic (exact) mass is 431 g/mol. The summed E-state index contributed by atoms with van der Waals surface area (Å²) in [5, 5.41) is 9.03. The molecule has 3 aromatic rings. The molecule has 0 spiro atoms. The van der Waals surface area contributed by atoms with Gasteiger partial charge in [0, 0.05) is 10.0 Å². The third-order valence-corrected chi connectivity index (χ3v) is 5.58. The second kappa shape index (κ2) is 8.51. The third kappa shape index (κ3) is 4.16. The van der Waals surface area contributed by atoms with Gasteiger partial charge in [-0.1, -0.05) is 76.2 Å². The predicted octanol–water partition coefficient (Wildman–Crippen LogP) is 4.41. The molecular formula is C19H18BrN3O2S. The van der Waals surface area contributed by atoms with Gasteiger partial charge in [0.1, 0.15) is 5.25 Å². The van der Waals surface area contributed by atoms with E-state index in [0.29, 0.717) is 11.7 Å². The van der Waals surface area contributed by atoms with E-state index < -0.39 is 0 Å². The molecule has 0 aliphatic heterocycles. The number of ether oxygens (including phenoxy) is 1. The Labute approximate surface area is 164 Å². The zero-order valence-electron chi connectivity index (χ0n) is 14.4. The zero-order valence-corrected chi connectivity index (χ0v) is 16.8. The van der Waals surface area contributed by atoms with E-state index in [4.69, 9.17) is 4.74 Å². The highest BCUT2D eigenvalue weighted by molar-refractivity contribution is 9.10. The molecule has 1 aromatic heterocycles. The van der Waals surface area contributed by atoms with Gasteiger partial charge in [-0.3, -0.25) is 9.36 Å². The van der Waals surface area contributed by atoms with E-state index in [0.717, 1.165) is 21.4 Å². The molecule has 5 nitrogen and oxygen atoms in total. The Kier molecular flexibility index (Phi) is 6.11. The van der Waals surface area contributed by atoms with Crippen molar-refractivity contribution in [3.8, 4) is 11.4 Å². The number of benzene rings is 2. The van der Waals surface area contributed by atoms with E-state index in [1.54, 1.807) is 6.92 Å².